The van der Waals surface area contributed by atoms with E-state index in [1.54, 1.807) is 6.92 Å². The van der Waals surface area contributed by atoms with Crippen LogP contribution in [0.5, 0.6) is 0 Å². The minimum Gasteiger partial charge on any atom is -0.478 e. The van der Waals surface area contributed by atoms with Crippen molar-refractivity contribution >= 4 is 21.7 Å². The molecule has 2 atom stereocenters. The number of nitrogens with one attached hydrogen (secondary N) is 2. The van der Waals surface area contributed by atoms with Gasteiger partial charge in [-0.1, -0.05) is 37.3 Å². The van der Waals surface area contributed by atoms with E-state index < -0.39 is 16.0 Å². The zero-order chi connectivity index (χ0) is 19.3. The van der Waals surface area contributed by atoms with Crippen molar-refractivity contribution in [2.24, 2.45) is 0 Å². The Morgan fingerprint density at radius 1 is 1.12 bits per heavy atom. The lowest BCUT2D eigenvalue weighted by molar-refractivity contribution is 0.0696. The van der Waals surface area contributed by atoms with Crippen LogP contribution >= 0.6 is 0 Å². The highest BCUT2D eigenvalue weighted by Gasteiger charge is 2.23. The van der Waals surface area contributed by atoms with Crippen LogP contribution in [0.25, 0.3) is 0 Å². The van der Waals surface area contributed by atoms with Crippen LogP contribution in [-0.4, -0.2) is 25.5 Å². The molecule has 2 rings (SSSR count). The Balaban J connectivity index is 2.44. The largest absolute Gasteiger partial charge is 0.478 e. The van der Waals surface area contributed by atoms with Crippen molar-refractivity contribution in [1.82, 2.24) is 4.72 Å². The van der Waals surface area contributed by atoms with E-state index >= 15 is 0 Å². The van der Waals surface area contributed by atoms with Gasteiger partial charge in [0.25, 0.3) is 0 Å². The van der Waals surface area contributed by atoms with Gasteiger partial charge in [0, 0.05) is 12.1 Å². The van der Waals surface area contributed by atoms with Crippen molar-refractivity contribution in [2.45, 2.75) is 44.2 Å². The second-order valence-corrected chi connectivity index (χ2v) is 7.91. The van der Waals surface area contributed by atoms with Gasteiger partial charge >= 0.3 is 5.97 Å². The number of carbonyl (C=O) groups is 1. The molecule has 2 aromatic rings. The Kier molecular flexibility index (Phi) is 6.39. The fourth-order valence-corrected chi connectivity index (χ4v) is 3.99. The van der Waals surface area contributed by atoms with Gasteiger partial charge < -0.3 is 10.4 Å². The van der Waals surface area contributed by atoms with E-state index in [1.807, 2.05) is 44.2 Å². The molecule has 0 radical (unpaired) electrons. The summed E-state index contributed by atoms with van der Waals surface area (Å²) in [6.07, 6.45) is 0.626. The first-order valence-corrected chi connectivity index (χ1v) is 9.94. The van der Waals surface area contributed by atoms with Crippen molar-refractivity contribution in [2.75, 3.05) is 5.32 Å². The number of benzene rings is 2. The Bertz CT molecular complexity index is 866. The number of anilines is 1. The maximum atomic E-state index is 12.8. The zero-order valence-corrected chi connectivity index (χ0v) is 15.9. The maximum Gasteiger partial charge on any atom is 0.335 e. The van der Waals surface area contributed by atoms with Gasteiger partial charge in [0.2, 0.25) is 10.0 Å². The summed E-state index contributed by atoms with van der Waals surface area (Å²) in [5, 5.41) is 12.4. The van der Waals surface area contributed by atoms with E-state index in [1.165, 1.54) is 18.2 Å². The van der Waals surface area contributed by atoms with E-state index in [2.05, 4.69) is 10.0 Å². The fourth-order valence-electron chi connectivity index (χ4n) is 2.47. The van der Waals surface area contributed by atoms with Gasteiger partial charge in [0.05, 0.1) is 11.3 Å². The van der Waals surface area contributed by atoms with Crippen LogP contribution < -0.4 is 10.0 Å². The summed E-state index contributed by atoms with van der Waals surface area (Å²) in [4.78, 5) is 11.2. The minimum atomic E-state index is -3.86. The van der Waals surface area contributed by atoms with Gasteiger partial charge in [-0.05, 0) is 44.0 Å². The molecule has 0 aliphatic rings. The zero-order valence-electron chi connectivity index (χ0n) is 15.1. The molecule has 0 saturated heterocycles. The lowest BCUT2D eigenvalue weighted by Crippen LogP contribution is -2.32. The fraction of sp³-hybridized carbons (Fsp3) is 0.316. The van der Waals surface area contributed by atoms with Crippen LogP contribution in [0.15, 0.2) is 53.4 Å². The van der Waals surface area contributed by atoms with Crippen molar-refractivity contribution in [3.05, 3.63) is 59.7 Å². The monoisotopic (exact) mass is 376 g/mol. The number of carboxylic acid groups (broad SMARTS) is 1. The van der Waals surface area contributed by atoms with Gasteiger partial charge in [0.15, 0.2) is 0 Å². The van der Waals surface area contributed by atoms with E-state index in [0.29, 0.717) is 12.1 Å². The molecule has 0 saturated carbocycles. The smallest absolute Gasteiger partial charge is 0.335 e. The molecule has 26 heavy (non-hydrogen) atoms. The van der Waals surface area contributed by atoms with Crippen molar-refractivity contribution in [3.63, 3.8) is 0 Å². The molecule has 140 valence electrons. The molecule has 0 aliphatic carbocycles. The Labute approximate surface area is 154 Å². The third-order valence-corrected chi connectivity index (χ3v) is 5.79. The Hall–Kier alpha value is -2.38. The van der Waals surface area contributed by atoms with Gasteiger partial charge in [-0.25, -0.2) is 17.9 Å². The molecule has 2 aromatic carbocycles. The van der Waals surface area contributed by atoms with Crippen molar-refractivity contribution < 1.29 is 18.3 Å². The van der Waals surface area contributed by atoms with Crippen LogP contribution in [0.3, 0.4) is 0 Å². The number of hydrogen-bond acceptors (Lipinski definition) is 4. The third-order valence-electron chi connectivity index (χ3n) is 4.16. The van der Waals surface area contributed by atoms with Crippen molar-refractivity contribution in [1.29, 1.82) is 0 Å². The molecule has 0 aliphatic heterocycles. The Morgan fingerprint density at radius 2 is 1.77 bits per heavy atom. The number of sulfonamides is 1. The molecule has 0 amide bonds. The summed E-state index contributed by atoms with van der Waals surface area (Å²) in [5.74, 6) is -1.17. The molecule has 0 bridgehead atoms. The molecule has 0 spiro atoms. The number of aromatic carboxylic acids is 1. The van der Waals surface area contributed by atoms with Gasteiger partial charge in [-0.2, -0.15) is 0 Å². The lowest BCUT2D eigenvalue weighted by Gasteiger charge is -2.20. The van der Waals surface area contributed by atoms with Gasteiger partial charge in [0.1, 0.15) is 4.90 Å². The standard InChI is InChI=1S/C19H24N2O4S/c1-4-13(2)21-26(24,25)18-12-16(19(22)23)10-11-17(18)20-14(3)15-8-6-5-7-9-15/h5-14,20-21H,4H2,1-3H3,(H,22,23)/t13-,14+/m0/s1. The molecule has 6 nitrogen and oxygen atoms in total. The van der Waals surface area contributed by atoms with Crippen molar-refractivity contribution in [3.8, 4) is 0 Å². The SMILES string of the molecule is CC[C@H](C)NS(=O)(=O)c1cc(C(=O)O)ccc1N[C@H](C)c1ccccc1. The second-order valence-electron chi connectivity index (χ2n) is 6.22. The van der Waals surface area contributed by atoms with E-state index in [9.17, 15) is 18.3 Å². The molecule has 0 heterocycles. The summed E-state index contributed by atoms with van der Waals surface area (Å²) in [7, 11) is -3.86. The molecular formula is C19H24N2O4S. The molecule has 3 N–H and O–H groups in total. The Morgan fingerprint density at radius 3 is 2.35 bits per heavy atom. The van der Waals surface area contributed by atoms with Crippen LogP contribution in [0.2, 0.25) is 0 Å². The number of carboxylic acids is 1. The average molecular weight is 376 g/mol. The number of hydrogen-bond donors (Lipinski definition) is 3. The first kappa shape index (κ1) is 19.9. The van der Waals surface area contributed by atoms with E-state index in [0.717, 1.165) is 5.56 Å². The minimum absolute atomic E-state index is 0.0690. The molecule has 0 unspecified atom stereocenters. The molecule has 7 heteroatoms. The summed E-state index contributed by atoms with van der Waals surface area (Å²) in [5.41, 5.74) is 1.28. The molecule has 0 aromatic heterocycles. The van der Waals surface area contributed by atoms with E-state index in [4.69, 9.17) is 0 Å². The topological polar surface area (TPSA) is 95.5 Å². The van der Waals surface area contributed by atoms with Crippen LogP contribution in [0, 0.1) is 0 Å². The molecular weight excluding hydrogens is 352 g/mol. The predicted molar refractivity (Wildman–Crippen MR) is 102 cm³/mol. The number of rotatable bonds is 8. The summed E-state index contributed by atoms with van der Waals surface area (Å²) in [6, 6.07) is 13.3. The second kappa shape index (κ2) is 8.33. The van der Waals surface area contributed by atoms with Crippen LogP contribution in [-0.2, 0) is 10.0 Å². The lowest BCUT2D eigenvalue weighted by atomic mass is 10.1. The molecule has 0 fully saturated rings. The van der Waals surface area contributed by atoms with Gasteiger partial charge in [-0.15, -0.1) is 0 Å². The summed E-state index contributed by atoms with van der Waals surface area (Å²) in [6.45, 7) is 5.55. The normalized spacial score (nSPS) is 13.8. The average Bonchev–Trinajstić information content (AvgIpc) is 2.61. The van der Waals surface area contributed by atoms with Gasteiger partial charge in [-0.3, -0.25) is 0 Å². The predicted octanol–water partition coefficient (Wildman–Crippen LogP) is 3.63. The highest BCUT2D eigenvalue weighted by Crippen LogP contribution is 2.27. The highest BCUT2D eigenvalue weighted by atomic mass is 32.2. The van der Waals surface area contributed by atoms with E-state index in [-0.39, 0.29) is 22.5 Å². The maximum absolute atomic E-state index is 12.8. The first-order valence-electron chi connectivity index (χ1n) is 8.45. The van der Waals surface area contributed by atoms with Crippen LogP contribution in [0.4, 0.5) is 5.69 Å². The summed E-state index contributed by atoms with van der Waals surface area (Å²) < 4.78 is 28.1. The van der Waals surface area contributed by atoms with Crippen LogP contribution in [0.1, 0.15) is 49.2 Å². The third kappa shape index (κ3) is 4.83. The first-order chi connectivity index (χ1) is 12.2. The summed E-state index contributed by atoms with van der Waals surface area (Å²) >= 11 is 0. The quantitative estimate of drug-likeness (QED) is 0.654. The highest BCUT2D eigenvalue weighted by molar-refractivity contribution is 7.89.